The van der Waals surface area contributed by atoms with Gasteiger partial charge >= 0.3 is 0 Å². The van der Waals surface area contributed by atoms with Crippen LogP contribution in [0.1, 0.15) is 62.7 Å². The number of fused-ring (bicyclic) bond motifs is 4. The summed E-state index contributed by atoms with van der Waals surface area (Å²) in [6, 6.07) is 13.2. The minimum absolute atomic E-state index is 0.186. The number of β-amino-alcohol motifs (C(OH)–C–C–N with tert-alkyl or cyclic N) is 1. The molecule has 2 aliphatic rings. The topological polar surface area (TPSA) is 79.1 Å². The summed E-state index contributed by atoms with van der Waals surface area (Å²) in [5, 5.41) is 15.0. The Kier molecular flexibility index (Phi) is 5.90. The number of pyridine rings is 1. The molecule has 4 aromatic rings. The lowest BCUT2D eigenvalue weighted by atomic mass is 9.87. The third-order valence-corrected chi connectivity index (χ3v) is 7.86. The van der Waals surface area contributed by atoms with E-state index < -0.39 is 0 Å². The zero-order valence-electron chi connectivity index (χ0n) is 20.6. The Hall–Kier alpha value is -3.03. The van der Waals surface area contributed by atoms with Crippen LogP contribution in [-0.2, 0) is 6.54 Å². The molecule has 4 heterocycles. The second kappa shape index (κ2) is 9.21. The standard InChI is InChI=1S/C28H34N6O/c1-18-7-10-21(11-8-18)34-24-6-4-3-5-22(24)23-15-29-28(32-27(23)34)31-25-12-9-20-17-33(13-14-35)16-19(2)26(20)30-25/h3-6,9,12,15,18-19,21,35H,7-8,10-11,13-14,16-17H2,1-2H3,(H,29,30,31,32)/t18-,19-,21-/m1/s1. The predicted octanol–water partition coefficient (Wildman–Crippen LogP) is 5.39. The van der Waals surface area contributed by atoms with Crippen LogP contribution < -0.4 is 5.32 Å². The zero-order chi connectivity index (χ0) is 23.9. The van der Waals surface area contributed by atoms with Gasteiger partial charge in [0.1, 0.15) is 11.5 Å². The number of nitrogens with zero attached hydrogens (tertiary/aromatic N) is 5. The molecule has 7 nitrogen and oxygen atoms in total. The zero-order valence-corrected chi connectivity index (χ0v) is 20.6. The van der Waals surface area contributed by atoms with Crippen LogP contribution in [0.5, 0.6) is 0 Å². The van der Waals surface area contributed by atoms with E-state index in [-0.39, 0.29) is 6.61 Å². The van der Waals surface area contributed by atoms with Crippen LogP contribution in [0.3, 0.4) is 0 Å². The molecule has 1 aliphatic carbocycles. The Morgan fingerprint density at radius 1 is 1.00 bits per heavy atom. The first-order valence-electron chi connectivity index (χ1n) is 13.0. The lowest BCUT2D eigenvalue weighted by molar-refractivity contribution is 0.173. The van der Waals surface area contributed by atoms with Crippen LogP contribution in [0.15, 0.2) is 42.6 Å². The summed E-state index contributed by atoms with van der Waals surface area (Å²) in [5.74, 6) is 2.48. The maximum atomic E-state index is 9.31. The minimum atomic E-state index is 0.186. The van der Waals surface area contributed by atoms with Gasteiger partial charge < -0.3 is 15.0 Å². The summed E-state index contributed by atoms with van der Waals surface area (Å²) >= 11 is 0. The van der Waals surface area contributed by atoms with Crippen molar-refractivity contribution >= 4 is 33.7 Å². The highest BCUT2D eigenvalue weighted by atomic mass is 16.3. The lowest BCUT2D eigenvalue weighted by Crippen LogP contribution is -2.35. The van der Waals surface area contributed by atoms with E-state index in [4.69, 9.17) is 9.97 Å². The van der Waals surface area contributed by atoms with E-state index >= 15 is 0 Å². The highest BCUT2D eigenvalue weighted by Crippen LogP contribution is 2.38. The molecular formula is C28H34N6O. The molecule has 2 N–H and O–H groups in total. The second-order valence-electron chi connectivity index (χ2n) is 10.5. The van der Waals surface area contributed by atoms with Gasteiger partial charge in [0.2, 0.25) is 5.95 Å². The van der Waals surface area contributed by atoms with Crippen molar-refractivity contribution in [3.05, 3.63) is 53.9 Å². The molecule has 1 fully saturated rings. The second-order valence-corrected chi connectivity index (χ2v) is 10.5. The molecule has 35 heavy (non-hydrogen) atoms. The SMILES string of the molecule is C[C@@H]1CN(CCO)Cc2ccc(Nc3ncc4c5ccccc5n([C@H]5CC[C@H](C)CC5)c4n3)nc21. The van der Waals surface area contributed by atoms with E-state index in [1.807, 2.05) is 12.3 Å². The van der Waals surface area contributed by atoms with Crippen molar-refractivity contribution in [2.75, 3.05) is 25.0 Å². The Labute approximate surface area is 206 Å². The predicted molar refractivity (Wildman–Crippen MR) is 140 cm³/mol. The minimum Gasteiger partial charge on any atom is -0.395 e. The van der Waals surface area contributed by atoms with Gasteiger partial charge in [0.25, 0.3) is 0 Å². The number of rotatable bonds is 5. The van der Waals surface area contributed by atoms with E-state index in [2.05, 4.69) is 63.9 Å². The van der Waals surface area contributed by atoms with Gasteiger partial charge in [0.05, 0.1) is 17.8 Å². The molecule has 0 radical (unpaired) electrons. The van der Waals surface area contributed by atoms with Crippen LogP contribution in [-0.4, -0.2) is 49.2 Å². The number of aliphatic hydroxyl groups excluding tert-OH is 1. The number of para-hydroxylation sites is 1. The number of aliphatic hydroxyl groups is 1. The Morgan fingerprint density at radius 2 is 1.83 bits per heavy atom. The highest BCUT2D eigenvalue weighted by molar-refractivity contribution is 6.06. The van der Waals surface area contributed by atoms with Crippen molar-refractivity contribution in [1.82, 2.24) is 24.4 Å². The third-order valence-electron chi connectivity index (χ3n) is 7.86. The van der Waals surface area contributed by atoms with Gasteiger partial charge in [-0.3, -0.25) is 4.90 Å². The number of hydrogen-bond donors (Lipinski definition) is 2. The molecule has 3 aromatic heterocycles. The first-order chi connectivity index (χ1) is 17.1. The Morgan fingerprint density at radius 3 is 2.66 bits per heavy atom. The molecule has 182 valence electrons. The van der Waals surface area contributed by atoms with Crippen LogP contribution in [0, 0.1) is 5.92 Å². The quantitative estimate of drug-likeness (QED) is 0.407. The van der Waals surface area contributed by atoms with Crippen molar-refractivity contribution in [3.63, 3.8) is 0 Å². The molecule has 1 saturated carbocycles. The average molecular weight is 471 g/mol. The largest absolute Gasteiger partial charge is 0.395 e. The summed E-state index contributed by atoms with van der Waals surface area (Å²) in [7, 11) is 0. The fraction of sp³-hybridized carbons (Fsp3) is 0.464. The molecule has 0 saturated heterocycles. The molecule has 1 aliphatic heterocycles. The molecular weight excluding hydrogens is 436 g/mol. The van der Waals surface area contributed by atoms with Crippen molar-refractivity contribution in [2.45, 2.75) is 58.0 Å². The molecule has 0 amide bonds. The third kappa shape index (κ3) is 4.17. The van der Waals surface area contributed by atoms with Crippen molar-refractivity contribution in [3.8, 4) is 0 Å². The van der Waals surface area contributed by atoms with Crippen molar-refractivity contribution in [1.29, 1.82) is 0 Å². The smallest absolute Gasteiger partial charge is 0.230 e. The van der Waals surface area contributed by atoms with Gasteiger partial charge in [-0.15, -0.1) is 0 Å². The molecule has 0 unspecified atom stereocenters. The van der Waals surface area contributed by atoms with E-state index in [0.717, 1.165) is 41.6 Å². The first-order valence-corrected chi connectivity index (χ1v) is 13.0. The lowest BCUT2D eigenvalue weighted by Gasteiger charge is -2.32. The molecule has 1 aromatic carbocycles. The van der Waals surface area contributed by atoms with Crippen LogP contribution >= 0.6 is 0 Å². The summed E-state index contributed by atoms with van der Waals surface area (Å²) in [4.78, 5) is 16.9. The normalized spacial score (nSPS) is 23.0. The molecule has 0 bridgehead atoms. The van der Waals surface area contributed by atoms with Gasteiger partial charge in [-0.05, 0) is 49.3 Å². The van der Waals surface area contributed by atoms with Gasteiger partial charge in [0, 0.05) is 48.6 Å². The number of nitrogens with one attached hydrogen (secondary N) is 1. The van der Waals surface area contributed by atoms with E-state index in [9.17, 15) is 5.11 Å². The molecule has 1 atom stereocenters. The summed E-state index contributed by atoms with van der Waals surface area (Å²) in [5.41, 5.74) is 4.61. The average Bonchev–Trinajstić information content (AvgIpc) is 3.19. The number of hydrogen-bond acceptors (Lipinski definition) is 6. The van der Waals surface area contributed by atoms with Crippen molar-refractivity contribution in [2.24, 2.45) is 5.92 Å². The van der Waals surface area contributed by atoms with E-state index in [0.29, 0.717) is 24.5 Å². The van der Waals surface area contributed by atoms with Gasteiger partial charge in [-0.1, -0.05) is 38.1 Å². The van der Waals surface area contributed by atoms with Crippen molar-refractivity contribution < 1.29 is 5.11 Å². The molecule has 7 heteroatoms. The van der Waals surface area contributed by atoms with Crippen LogP contribution in [0.2, 0.25) is 0 Å². The maximum absolute atomic E-state index is 9.31. The summed E-state index contributed by atoms with van der Waals surface area (Å²) in [6.07, 6.45) is 6.88. The first kappa shape index (κ1) is 22.4. The van der Waals surface area contributed by atoms with E-state index in [1.165, 1.54) is 42.1 Å². The number of aromatic nitrogens is 4. The highest BCUT2D eigenvalue weighted by Gasteiger charge is 2.25. The van der Waals surface area contributed by atoms with Crippen LogP contribution in [0.4, 0.5) is 11.8 Å². The summed E-state index contributed by atoms with van der Waals surface area (Å²) in [6.45, 7) is 7.19. The molecule has 6 rings (SSSR count). The Balaban J connectivity index is 1.35. The van der Waals surface area contributed by atoms with Gasteiger partial charge in [-0.25, -0.2) is 9.97 Å². The Bertz CT molecular complexity index is 1360. The van der Waals surface area contributed by atoms with Crippen LogP contribution in [0.25, 0.3) is 21.9 Å². The monoisotopic (exact) mass is 470 g/mol. The summed E-state index contributed by atoms with van der Waals surface area (Å²) < 4.78 is 2.46. The fourth-order valence-electron chi connectivity index (χ4n) is 6.04. The van der Waals surface area contributed by atoms with Gasteiger partial charge in [-0.2, -0.15) is 4.98 Å². The van der Waals surface area contributed by atoms with E-state index in [1.54, 1.807) is 0 Å². The maximum Gasteiger partial charge on any atom is 0.230 e. The molecule has 0 spiro atoms. The fourth-order valence-corrected chi connectivity index (χ4v) is 6.04. The number of benzene rings is 1. The number of anilines is 2. The van der Waals surface area contributed by atoms with Gasteiger partial charge in [0.15, 0.2) is 0 Å².